The van der Waals surface area contributed by atoms with Crippen molar-refractivity contribution in [3.8, 4) is 5.75 Å². The van der Waals surface area contributed by atoms with E-state index >= 15 is 0 Å². The highest BCUT2D eigenvalue weighted by atomic mass is 35.5. The van der Waals surface area contributed by atoms with Gasteiger partial charge >= 0.3 is 5.97 Å². The van der Waals surface area contributed by atoms with Crippen LogP contribution in [0.3, 0.4) is 0 Å². The minimum Gasteiger partial charge on any atom is -0.487 e. The van der Waals surface area contributed by atoms with Crippen molar-refractivity contribution in [2.45, 2.75) is 63.8 Å². The molecule has 3 N–H and O–H groups in total. The summed E-state index contributed by atoms with van der Waals surface area (Å²) < 4.78 is 8.53. The highest BCUT2D eigenvalue weighted by Gasteiger charge is 2.35. The van der Waals surface area contributed by atoms with Crippen molar-refractivity contribution in [1.82, 2.24) is 9.55 Å². The van der Waals surface area contributed by atoms with Gasteiger partial charge in [0.25, 0.3) is 0 Å². The summed E-state index contributed by atoms with van der Waals surface area (Å²) in [6, 6.07) is 26.3. The number of aromatic nitrogens is 2. The second kappa shape index (κ2) is 12.0. The average Bonchev–Trinajstić information content (AvgIpc) is 3.21. The summed E-state index contributed by atoms with van der Waals surface area (Å²) >= 11 is 7.99. The lowest BCUT2D eigenvalue weighted by atomic mass is 9.88. The van der Waals surface area contributed by atoms with Crippen molar-refractivity contribution in [2.75, 3.05) is 0 Å². The van der Waals surface area contributed by atoms with Gasteiger partial charge in [0, 0.05) is 49.6 Å². The number of fused-ring (bicyclic) bond motifs is 2. The van der Waals surface area contributed by atoms with Crippen LogP contribution in [0.25, 0.3) is 21.8 Å². The van der Waals surface area contributed by atoms with Gasteiger partial charge in [0.15, 0.2) is 0 Å². The number of halogens is 1. The summed E-state index contributed by atoms with van der Waals surface area (Å²) in [5.41, 5.74) is 4.30. The summed E-state index contributed by atoms with van der Waals surface area (Å²) in [4.78, 5) is 23.6. The van der Waals surface area contributed by atoms with E-state index in [1.54, 1.807) is 11.8 Å². The predicted molar refractivity (Wildman–Crippen MR) is 171 cm³/mol. The molecule has 5 aromatic rings. The zero-order valence-corrected chi connectivity index (χ0v) is 26.3. The molecule has 0 unspecified atom stereocenters. The fourth-order valence-corrected chi connectivity index (χ4v) is 6.34. The van der Waals surface area contributed by atoms with Gasteiger partial charge in [-0.25, -0.2) is 9.78 Å². The molecule has 3 aromatic carbocycles. The van der Waals surface area contributed by atoms with Crippen LogP contribution in [0.2, 0.25) is 5.02 Å². The standard InChI is InChI=1S/C34H37ClN3O3S/c1-33(2,3)42-31-27-18-26(40-21-25-15-12-23-8-6-7-9-28(23)37-25)16-17-29(27)38(20-22-10-13-24(35)14-11-22)30(31)19-34(4,5)32(39)41-36/h6-18H,19-21H2,1-5,36H3/q+1. The van der Waals surface area contributed by atoms with Gasteiger partial charge in [-0.15, -0.1) is 11.8 Å². The molecular weight excluding hydrogens is 566 g/mol. The van der Waals surface area contributed by atoms with Crippen LogP contribution in [-0.4, -0.2) is 20.3 Å². The molecule has 6 nitrogen and oxygen atoms in total. The van der Waals surface area contributed by atoms with E-state index in [4.69, 9.17) is 26.2 Å². The average molecular weight is 603 g/mol. The van der Waals surface area contributed by atoms with Crippen LogP contribution in [0, 0.1) is 5.41 Å². The topological polar surface area (TPSA) is 81.0 Å². The molecule has 0 atom stereocenters. The Morgan fingerprint density at radius 2 is 1.71 bits per heavy atom. The lowest BCUT2D eigenvalue weighted by Crippen LogP contribution is -2.54. The van der Waals surface area contributed by atoms with Crippen LogP contribution in [0.5, 0.6) is 5.75 Å². The number of para-hydroxylation sites is 1. The molecule has 2 aromatic heterocycles. The maximum Gasteiger partial charge on any atom is 0.372 e. The number of carbonyl (C=O) groups excluding carboxylic acids is 1. The Kier molecular flexibility index (Phi) is 8.56. The minimum absolute atomic E-state index is 0.0724. The summed E-state index contributed by atoms with van der Waals surface area (Å²) in [5.74, 6) is 3.82. The van der Waals surface area contributed by atoms with E-state index in [-0.39, 0.29) is 10.7 Å². The number of hydrogen-bond donors (Lipinski definition) is 1. The second-order valence-corrected chi connectivity index (χ2v) is 14.4. The van der Waals surface area contributed by atoms with Crippen molar-refractivity contribution < 1.29 is 20.3 Å². The molecule has 0 saturated carbocycles. The Balaban J connectivity index is 1.59. The molecule has 0 aliphatic carbocycles. The summed E-state index contributed by atoms with van der Waals surface area (Å²) in [5, 5.41) is 2.88. The second-order valence-electron chi connectivity index (χ2n) is 12.2. The summed E-state index contributed by atoms with van der Waals surface area (Å²) in [6.45, 7) is 11.4. The van der Waals surface area contributed by atoms with Crippen LogP contribution in [0.1, 0.15) is 51.6 Å². The van der Waals surface area contributed by atoms with Crippen molar-refractivity contribution in [3.63, 3.8) is 0 Å². The lowest BCUT2D eigenvalue weighted by molar-refractivity contribution is -0.659. The first-order valence-electron chi connectivity index (χ1n) is 14.0. The molecule has 218 valence electrons. The molecule has 5 rings (SSSR count). The fourth-order valence-electron chi connectivity index (χ4n) is 5.03. The van der Waals surface area contributed by atoms with Crippen LogP contribution >= 0.6 is 23.4 Å². The van der Waals surface area contributed by atoms with Gasteiger partial charge in [-0.05, 0) is 61.9 Å². The van der Waals surface area contributed by atoms with E-state index in [0.29, 0.717) is 24.6 Å². The number of quaternary nitrogens is 1. The SMILES string of the molecule is CC(C)(C)Sc1c(CC(C)(C)C(=O)O[NH3+])n(Cc2ccc(Cl)cc2)c2ccc(OCc3ccc4ccccc4n3)cc12. The molecule has 2 heterocycles. The zero-order valence-electron chi connectivity index (χ0n) is 24.7. The summed E-state index contributed by atoms with van der Waals surface area (Å²) in [6.07, 6.45) is 0.485. The predicted octanol–water partition coefficient (Wildman–Crippen LogP) is 7.63. The molecule has 42 heavy (non-hydrogen) atoms. The highest BCUT2D eigenvalue weighted by Crippen LogP contribution is 2.44. The normalized spacial score (nSPS) is 12.2. The van der Waals surface area contributed by atoms with Gasteiger partial charge in [-0.1, -0.05) is 68.8 Å². The number of hydrogen-bond acceptors (Lipinski definition) is 5. The lowest BCUT2D eigenvalue weighted by Gasteiger charge is -2.24. The first-order chi connectivity index (χ1) is 19.9. The van der Waals surface area contributed by atoms with Crippen molar-refractivity contribution >= 4 is 51.1 Å². The van der Waals surface area contributed by atoms with Gasteiger partial charge in [0.05, 0.1) is 16.6 Å². The van der Waals surface area contributed by atoms with E-state index in [1.165, 1.54) is 0 Å². The van der Waals surface area contributed by atoms with Gasteiger partial charge in [-0.2, -0.15) is 5.90 Å². The number of pyridine rings is 1. The third kappa shape index (κ3) is 6.75. The van der Waals surface area contributed by atoms with E-state index in [9.17, 15) is 4.79 Å². The Bertz CT molecular complexity index is 1740. The molecule has 0 bridgehead atoms. The van der Waals surface area contributed by atoms with Crippen molar-refractivity contribution in [2.24, 2.45) is 5.41 Å². The molecular formula is C34H37ClN3O3S+. The number of rotatable bonds is 9. The number of nitrogens with zero attached hydrogens (tertiary/aromatic N) is 2. The molecule has 8 heteroatoms. The number of thioether (sulfide) groups is 1. The molecule has 0 fully saturated rings. The third-order valence-electron chi connectivity index (χ3n) is 7.09. The van der Waals surface area contributed by atoms with Gasteiger partial charge < -0.3 is 9.30 Å². The highest BCUT2D eigenvalue weighted by molar-refractivity contribution is 8.00. The quantitative estimate of drug-likeness (QED) is 0.139. The first-order valence-corrected chi connectivity index (χ1v) is 15.2. The van der Waals surface area contributed by atoms with E-state index in [0.717, 1.165) is 49.4 Å². The largest absolute Gasteiger partial charge is 0.487 e. The Morgan fingerprint density at radius 3 is 2.43 bits per heavy atom. The molecule has 0 spiro atoms. The Labute approximate surface area is 256 Å². The van der Waals surface area contributed by atoms with Crippen molar-refractivity contribution in [1.29, 1.82) is 0 Å². The van der Waals surface area contributed by atoms with Crippen molar-refractivity contribution in [3.05, 3.63) is 101 Å². The molecule has 0 saturated heterocycles. The summed E-state index contributed by atoms with van der Waals surface area (Å²) in [7, 11) is 0. The first kappa shape index (κ1) is 30.0. The maximum absolute atomic E-state index is 12.8. The molecule has 0 aliphatic heterocycles. The smallest absolute Gasteiger partial charge is 0.372 e. The molecule has 0 aliphatic rings. The van der Waals surface area contributed by atoms with Crippen LogP contribution in [0.15, 0.2) is 83.8 Å². The number of carbonyl (C=O) groups is 1. The third-order valence-corrected chi connectivity index (χ3v) is 8.61. The maximum atomic E-state index is 12.8. The Hall–Kier alpha value is -3.52. The zero-order chi connectivity index (χ0) is 30.1. The van der Waals surface area contributed by atoms with E-state index < -0.39 is 5.41 Å². The molecule has 0 radical (unpaired) electrons. The van der Waals surface area contributed by atoms with Gasteiger partial charge in [-0.3, -0.25) is 4.84 Å². The van der Waals surface area contributed by atoms with Crippen LogP contribution < -0.4 is 10.6 Å². The van der Waals surface area contributed by atoms with Crippen LogP contribution in [0.4, 0.5) is 0 Å². The van der Waals surface area contributed by atoms with E-state index in [2.05, 4.69) is 55.5 Å². The van der Waals surface area contributed by atoms with E-state index in [1.807, 2.05) is 68.4 Å². The number of ether oxygens (including phenoxy) is 1. The van der Waals surface area contributed by atoms with Gasteiger partial charge in [0.1, 0.15) is 12.4 Å². The minimum atomic E-state index is -0.776. The monoisotopic (exact) mass is 602 g/mol. The Morgan fingerprint density at radius 1 is 0.976 bits per heavy atom. The fraction of sp³-hybridized carbons (Fsp3) is 0.294. The van der Waals surface area contributed by atoms with Crippen LogP contribution in [-0.2, 0) is 29.2 Å². The van der Waals surface area contributed by atoms with Gasteiger partial charge in [0.2, 0.25) is 0 Å². The number of benzene rings is 3. The molecule has 0 amide bonds.